The van der Waals surface area contributed by atoms with Gasteiger partial charge in [0, 0.05) is 17.7 Å². The van der Waals surface area contributed by atoms with Gasteiger partial charge in [-0.3, -0.25) is 4.79 Å². The summed E-state index contributed by atoms with van der Waals surface area (Å²) in [5.74, 6) is -0.401. The van der Waals surface area contributed by atoms with Gasteiger partial charge in [-0.2, -0.15) is 0 Å². The Morgan fingerprint density at radius 2 is 2.07 bits per heavy atom. The molecule has 0 bridgehead atoms. The fraction of sp³-hybridized carbons (Fsp3) is 0.522. The lowest BCUT2D eigenvalue weighted by Crippen LogP contribution is -2.22. The van der Waals surface area contributed by atoms with Crippen LogP contribution in [0.2, 0.25) is 0 Å². The number of esters is 1. The number of hydrogen-bond donors (Lipinski definition) is 1. The smallest absolute Gasteiger partial charge is 0.308 e. The maximum Gasteiger partial charge on any atom is 0.308 e. The molecule has 0 amide bonds. The average Bonchev–Trinajstić information content (AvgIpc) is 3.43. The molecule has 5 heteroatoms. The number of benzene rings is 1. The molecule has 28 heavy (non-hydrogen) atoms. The summed E-state index contributed by atoms with van der Waals surface area (Å²) in [4.78, 5) is 12.5. The van der Waals surface area contributed by atoms with Crippen LogP contribution < -0.4 is 4.74 Å². The molecule has 0 saturated heterocycles. The van der Waals surface area contributed by atoms with Gasteiger partial charge < -0.3 is 9.84 Å². The van der Waals surface area contributed by atoms with Crippen molar-refractivity contribution in [1.29, 1.82) is 0 Å². The van der Waals surface area contributed by atoms with Crippen molar-refractivity contribution < 1.29 is 19.0 Å². The summed E-state index contributed by atoms with van der Waals surface area (Å²) < 4.78 is 19.6. The molecular weight excluding hydrogens is 375 g/mol. The van der Waals surface area contributed by atoms with Gasteiger partial charge in [-0.25, -0.2) is 4.39 Å². The van der Waals surface area contributed by atoms with Crippen LogP contribution in [-0.2, 0) is 17.6 Å². The summed E-state index contributed by atoms with van der Waals surface area (Å²) in [6.07, 6.45) is 6.01. The van der Waals surface area contributed by atoms with Crippen LogP contribution in [0, 0.1) is 11.7 Å². The van der Waals surface area contributed by atoms with Crippen molar-refractivity contribution in [2.75, 3.05) is 0 Å². The van der Waals surface area contributed by atoms with Gasteiger partial charge in [0.15, 0.2) is 5.06 Å². The first-order valence-corrected chi connectivity index (χ1v) is 11.0. The van der Waals surface area contributed by atoms with Crippen LogP contribution in [0.4, 0.5) is 4.39 Å². The first-order chi connectivity index (χ1) is 13.5. The van der Waals surface area contributed by atoms with E-state index in [4.69, 9.17) is 4.74 Å². The molecule has 152 valence electrons. The van der Waals surface area contributed by atoms with Gasteiger partial charge in [-0.15, -0.1) is 11.3 Å². The Kier molecular flexibility index (Phi) is 7.24. The van der Waals surface area contributed by atoms with Crippen molar-refractivity contribution in [2.45, 2.75) is 70.8 Å². The van der Waals surface area contributed by atoms with E-state index < -0.39 is 6.10 Å². The van der Waals surface area contributed by atoms with Gasteiger partial charge in [0.1, 0.15) is 5.82 Å². The minimum atomic E-state index is -0.480. The van der Waals surface area contributed by atoms with Crippen LogP contribution in [0.3, 0.4) is 0 Å². The largest absolute Gasteiger partial charge is 0.416 e. The van der Waals surface area contributed by atoms with Crippen molar-refractivity contribution in [2.24, 2.45) is 5.92 Å². The number of rotatable bonds is 10. The molecule has 2 unspecified atom stereocenters. The number of aliphatic hydroxyl groups excluding tert-OH is 1. The zero-order valence-corrected chi connectivity index (χ0v) is 17.4. The molecule has 1 heterocycles. The molecule has 0 radical (unpaired) electrons. The fourth-order valence-electron chi connectivity index (χ4n) is 3.85. The lowest BCUT2D eigenvalue weighted by Gasteiger charge is -2.24. The molecule has 3 rings (SSSR count). The van der Waals surface area contributed by atoms with E-state index in [9.17, 15) is 14.3 Å². The minimum absolute atomic E-state index is 0.171. The number of hydrogen-bond acceptors (Lipinski definition) is 4. The number of carbonyl (C=O) groups is 1. The van der Waals surface area contributed by atoms with Crippen molar-refractivity contribution in [1.82, 2.24) is 0 Å². The number of aryl methyl sites for hydroxylation is 2. The highest BCUT2D eigenvalue weighted by atomic mass is 32.1. The molecule has 2 aromatic rings. The highest BCUT2D eigenvalue weighted by Gasteiger charge is 2.36. The summed E-state index contributed by atoms with van der Waals surface area (Å²) in [5.41, 5.74) is 1.83. The van der Waals surface area contributed by atoms with E-state index in [2.05, 4.69) is 6.92 Å². The van der Waals surface area contributed by atoms with E-state index >= 15 is 0 Å². The van der Waals surface area contributed by atoms with Crippen LogP contribution >= 0.6 is 11.3 Å². The number of halogens is 1. The second kappa shape index (κ2) is 9.66. The summed E-state index contributed by atoms with van der Waals surface area (Å²) in [6.45, 7) is 3.55. The maximum absolute atomic E-state index is 14.4. The molecule has 1 N–H and O–H groups in total. The Morgan fingerprint density at radius 3 is 2.71 bits per heavy atom. The monoisotopic (exact) mass is 404 g/mol. The van der Waals surface area contributed by atoms with E-state index in [1.165, 1.54) is 34.8 Å². The van der Waals surface area contributed by atoms with Crippen LogP contribution in [0.5, 0.6) is 5.06 Å². The maximum atomic E-state index is 14.4. The summed E-state index contributed by atoms with van der Waals surface area (Å²) in [6, 6.07) is 8.78. The van der Waals surface area contributed by atoms with Crippen LogP contribution in [0.25, 0.3) is 0 Å². The van der Waals surface area contributed by atoms with Crippen LogP contribution in [0.15, 0.2) is 30.3 Å². The molecule has 1 aromatic heterocycles. The van der Waals surface area contributed by atoms with Gasteiger partial charge in [0.05, 0.1) is 6.10 Å². The van der Waals surface area contributed by atoms with Gasteiger partial charge in [0.2, 0.25) is 0 Å². The van der Waals surface area contributed by atoms with Crippen molar-refractivity contribution >= 4 is 17.3 Å². The van der Waals surface area contributed by atoms with E-state index in [1.807, 2.05) is 12.1 Å². The van der Waals surface area contributed by atoms with Crippen molar-refractivity contribution in [3.8, 4) is 5.06 Å². The predicted molar refractivity (Wildman–Crippen MR) is 110 cm³/mol. The lowest BCUT2D eigenvalue weighted by molar-refractivity contribution is -0.131. The SMILES string of the molecule is CCCc1sc(OC(C)=O)cc1CCCC(c1ccccc1F)C(O)C1CC1. The number of thiophene rings is 1. The van der Waals surface area contributed by atoms with Gasteiger partial charge >= 0.3 is 5.97 Å². The third kappa shape index (κ3) is 5.42. The second-order valence-electron chi connectivity index (χ2n) is 7.71. The van der Waals surface area contributed by atoms with Crippen LogP contribution in [0.1, 0.15) is 67.9 Å². The first kappa shape index (κ1) is 21.0. The third-order valence-electron chi connectivity index (χ3n) is 5.38. The Balaban J connectivity index is 1.69. The van der Waals surface area contributed by atoms with E-state index in [0.29, 0.717) is 16.5 Å². The molecular formula is C23H29FO3S. The quantitative estimate of drug-likeness (QED) is 0.521. The molecule has 2 atom stereocenters. The summed E-state index contributed by atoms with van der Waals surface area (Å²) >= 11 is 1.54. The van der Waals surface area contributed by atoms with Gasteiger partial charge in [-0.05, 0) is 67.7 Å². The number of carbonyl (C=O) groups excluding carboxylic acids is 1. The Labute approximate surface area is 170 Å². The van der Waals surface area contributed by atoms with Gasteiger partial charge in [0.25, 0.3) is 0 Å². The van der Waals surface area contributed by atoms with Crippen molar-refractivity contribution in [3.63, 3.8) is 0 Å². The minimum Gasteiger partial charge on any atom is -0.416 e. The standard InChI is InChI=1S/C23H29FO3S/c1-3-7-21-17(14-22(28-21)27-15(2)25)8-6-10-19(23(26)16-12-13-16)18-9-4-5-11-20(18)24/h4-5,9,11,14,16,19,23,26H,3,6-8,10,12-13H2,1-2H3. The normalized spacial score (nSPS) is 16.0. The van der Waals surface area contributed by atoms with Gasteiger partial charge in [-0.1, -0.05) is 31.5 Å². The highest BCUT2D eigenvalue weighted by Crippen LogP contribution is 2.42. The molecule has 1 aromatic carbocycles. The molecule has 0 spiro atoms. The van der Waals surface area contributed by atoms with Crippen LogP contribution in [-0.4, -0.2) is 17.2 Å². The molecule has 1 saturated carbocycles. The second-order valence-corrected chi connectivity index (χ2v) is 8.81. The first-order valence-electron chi connectivity index (χ1n) is 10.2. The summed E-state index contributed by atoms with van der Waals surface area (Å²) in [5, 5.41) is 11.4. The van der Waals surface area contributed by atoms with Crippen molar-refractivity contribution in [3.05, 3.63) is 52.2 Å². The summed E-state index contributed by atoms with van der Waals surface area (Å²) in [7, 11) is 0. The molecule has 3 nitrogen and oxygen atoms in total. The Hall–Kier alpha value is -1.72. The van der Waals surface area contributed by atoms with E-state index in [1.54, 1.807) is 12.1 Å². The molecule has 1 aliphatic rings. The number of aliphatic hydroxyl groups is 1. The molecule has 1 aliphatic carbocycles. The molecule has 1 fully saturated rings. The fourth-order valence-corrected chi connectivity index (χ4v) is 5.05. The third-order valence-corrected chi connectivity index (χ3v) is 6.49. The van der Waals surface area contributed by atoms with E-state index in [0.717, 1.165) is 44.9 Å². The predicted octanol–water partition coefficient (Wildman–Crippen LogP) is 5.64. The topological polar surface area (TPSA) is 46.5 Å². The van der Waals surface area contributed by atoms with E-state index in [-0.39, 0.29) is 17.7 Å². The zero-order valence-electron chi connectivity index (χ0n) is 16.6. The highest BCUT2D eigenvalue weighted by molar-refractivity contribution is 7.14. The molecule has 0 aliphatic heterocycles. The Morgan fingerprint density at radius 1 is 1.32 bits per heavy atom. The zero-order chi connectivity index (χ0) is 20.1. The average molecular weight is 405 g/mol. The Bertz CT molecular complexity index is 797. The number of ether oxygens (including phenoxy) is 1. The lowest BCUT2D eigenvalue weighted by atomic mass is 9.85.